The lowest BCUT2D eigenvalue weighted by Gasteiger charge is -2.23. The van der Waals surface area contributed by atoms with Crippen LogP contribution in [0.3, 0.4) is 0 Å². The molecule has 7 heteroatoms. The van der Waals surface area contributed by atoms with Gasteiger partial charge in [-0.15, -0.1) is 6.42 Å². The normalized spacial score (nSPS) is 10.0. The van der Waals surface area contributed by atoms with E-state index in [1.54, 1.807) is 30.3 Å². The second-order valence-corrected chi connectivity index (χ2v) is 6.64. The van der Waals surface area contributed by atoms with Gasteiger partial charge in [0.15, 0.2) is 6.61 Å². The van der Waals surface area contributed by atoms with Crippen LogP contribution in [0, 0.1) is 18.2 Å². The van der Waals surface area contributed by atoms with Gasteiger partial charge in [0.25, 0.3) is 0 Å². The minimum Gasteiger partial charge on any atom is -0.436 e. The van der Waals surface area contributed by atoms with Crippen LogP contribution < -0.4 is 15.0 Å². The number of ether oxygens (including phenoxy) is 2. The minimum atomic E-state index is -0.752. The molecule has 0 unspecified atom stereocenters. The molecule has 0 bridgehead atoms. The summed E-state index contributed by atoms with van der Waals surface area (Å²) in [5.41, 5.74) is 1.46. The molecule has 0 aliphatic rings. The highest BCUT2D eigenvalue weighted by atomic mass is 19.1. The quantitative estimate of drug-likeness (QED) is 0.518. The van der Waals surface area contributed by atoms with Crippen molar-refractivity contribution in [2.45, 2.75) is 6.42 Å². The Morgan fingerprint density at radius 2 is 1.75 bits per heavy atom. The number of terminal acetylenes is 1. The zero-order chi connectivity index (χ0) is 22.8. The van der Waals surface area contributed by atoms with E-state index in [2.05, 4.69) is 11.2 Å². The third-order valence-electron chi connectivity index (χ3n) is 4.40. The molecule has 0 fully saturated rings. The number of para-hydroxylation sites is 1. The van der Waals surface area contributed by atoms with E-state index in [1.165, 1.54) is 23.1 Å². The van der Waals surface area contributed by atoms with Gasteiger partial charge in [0.05, 0.1) is 5.69 Å². The van der Waals surface area contributed by atoms with Crippen LogP contribution in [0.5, 0.6) is 5.75 Å². The fraction of sp³-hybridized carbons (Fsp3) is 0.120. The summed E-state index contributed by atoms with van der Waals surface area (Å²) in [4.78, 5) is 25.9. The number of hydrogen-bond donors (Lipinski definition) is 1. The molecule has 0 radical (unpaired) electrons. The molecule has 0 heterocycles. The molecule has 3 aromatic rings. The van der Waals surface area contributed by atoms with Crippen LogP contribution in [-0.4, -0.2) is 25.3 Å². The van der Waals surface area contributed by atoms with E-state index in [1.807, 2.05) is 30.3 Å². The lowest BCUT2D eigenvalue weighted by Crippen LogP contribution is -2.36. The Labute approximate surface area is 185 Å². The molecule has 162 valence electrons. The van der Waals surface area contributed by atoms with E-state index < -0.39 is 18.0 Å². The standard InChI is InChI=1S/C25H21FN2O4/c1-2-17-31-24(29)27-20-11-8-12-21(18-20)32-25(30)28(23-14-7-6-13-22(23)26)16-15-19-9-4-3-5-10-19/h1,3-14,18H,15-17H2,(H,27,29). The predicted molar refractivity (Wildman–Crippen MR) is 120 cm³/mol. The highest BCUT2D eigenvalue weighted by Gasteiger charge is 2.21. The fourth-order valence-electron chi connectivity index (χ4n) is 2.92. The third kappa shape index (κ3) is 6.34. The van der Waals surface area contributed by atoms with Crippen molar-refractivity contribution in [1.82, 2.24) is 0 Å². The van der Waals surface area contributed by atoms with E-state index >= 15 is 0 Å². The summed E-state index contributed by atoms with van der Waals surface area (Å²) in [7, 11) is 0. The Morgan fingerprint density at radius 3 is 2.50 bits per heavy atom. The lowest BCUT2D eigenvalue weighted by molar-refractivity contribution is 0.176. The van der Waals surface area contributed by atoms with E-state index in [0.29, 0.717) is 12.1 Å². The summed E-state index contributed by atoms with van der Waals surface area (Å²) in [6.45, 7) is 0.0413. The number of nitrogens with zero attached hydrogens (tertiary/aromatic N) is 1. The van der Waals surface area contributed by atoms with Crippen molar-refractivity contribution >= 4 is 23.6 Å². The van der Waals surface area contributed by atoms with E-state index in [0.717, 1.165) is 5.56 Å². The topological polar surface area (TPSA) is 67.9 Å². The molecule has 32 heavy (non-hydrogen) atoms. The number of benzene rings is 3. The van der Waals surface area contributed by atoms with Crippen molar-refractivity contribution in [1.29, 1.82) is 0 Å². The van der Waals surface area contributed by atoms with E-state index in [4.69, 9.17) is 15.9 Å². The number of halogens is 1. The number of amides is 2. The average molecular weight is 432 g/mol. The van der Waals surface area contributed by atoms with Gasteiger partial charge in [0, 0.05) is 18.3 Å². The number of rotatable bonds is 7. The molecule has 1 N–H and O–H groups in total. The maximum Gasteiger partial charge on any atom is 0.419 e. The van der Waals surface area contributed by atoms with E-state index in [-0.39, 0.29) is 24.6 Å². The van der Waals surface area contributed by atoms with Crippen molar-refractivity contribution in [3.05, 3.63) is 90.2 Å². The molecule has 0 atom stereocenters. The molecule has 0 saturated heterocycles. The Bertz CT molecular complexity index is 1110. The Morgan fingerprint density at radius 1 is 1.00 bits per heavy atom. The van der Waals surface area contributed by atoms with Crippen LogP contribution >= 0.6 is 0 Å². The summed E-state index contributed by atoms with van der Waals surface area (Å²) in [5.74, 6) is 1.82. The van der Waals surface area contributed by atoms with Gasteiger partial charge in [-0.3, -0.25) is 10.2 Å². The van der Waals surface area contributed by atoms with Gasteiger partial charge in [-0.1, -0.05) is 54.5 Å². The fourth-order valence-corrected chi connectivity index (χ4v) is 2.92. The number of hydrogen-bond acceptors (Lipinski definition) is 4. The van der Waals surface area contributed by atoms with Gasteiger partial charge < -0.3 is 9.47 Å². The second kappa shape index (κ2) is 11.2. The Kier molecular flexibility index (Phi) is 7.82. The first-order valence-corrected chi connectivity index (χ1v) is 9.82. The lowest BCUT2D eigenvalue weighted by atomic mass is 10.1. The first kappa shape index (κ1) is 22.4. The highest BCUT2D eigenvalue weighted by Crippen LogP contribution is 2.23. The summed E-state index contributed by atoms with van der Waals surface area (Å²) in [5, 5.41) is 2.49. The summed E-state index contributed by atoms with van der Waals surface area (Å²) in [6.07, 6.45) is 4.07. The number of anilines is 2. The predicted octanol–water partition coefficient (Wildman–Crippen LogP) is 5.26. The zero-order valence-electron chi connectivity index (χ0n) is 17.2. The van der Waals surface area contributed by atoms with Crippen molar-refractivity contribution < 1.29 is 23.5 Å². The maximum absolute atomic E-state index is 14.4. The Hall–Kier alpha value is -4.31. The summed E-state index contributed by atoms with van der Waals surface area (Å²) in [6, 6.07) is 21.7. The molecule has 0 aliphatic carbocycles. The number of nitrogens with one attached hydrogen (secondary N) is 1. The van der Waals surface area contributed by atoms with Crippen LogP contribution in [0.15, 0.2) is 78.9 Å². The molecule has 0 saturated carbocycles. The summed E-state index contributed by atoms with van der Waals surface area (Å²) >= 11 is 0. The maximum atomic E-state index is 14.4. The van der Waals surface area contributed by atoms with Crippen molar-refractivity contribution in [3.8, 4) is 18.1 Å². The van der Waals surface area contributed by atoms with Crippen LogP contribution in [0.25, 0.3) is 0 Å². The minimum absolute atomic E-state index is 0.112. The molecule has 0 spiro atoms. The van der Waals surface area contributed by atoms with Crippen molar-refractivity contribution in [3.63, 3.8) is 0 Å². The molecule has 6 nitrogen and oxygen atoms in total. The SMILES string of the molecule is C#CCOC(=O)Nc1cccc(OC(=O)N(CCc2ccccc2)c2ccccc2F)c1. The van der Waals surface area contributed by atoms with Crippen LogP contribution in [0.1, 0.15) is 5.56 Å². The zero-order valence-corrected chi connectivity index (χ0v) is 17.2. The number of carbonyl (C=O) groups excluding carboxylic acids is 2. The molecule has 2 amide bonds. The van der Waals surface area contributed by atoms with Gasteiger partial charge in [-0.05, 0) is 36.2 Å². The third-order valence-corrected chi connectivity index (χ3v) is 4.40. The van der Waals surface area contributed by atoms with Crippen molar-refractivity contribution in [2.24, 2.45) is 0 Å². The van der Waals surface area contributed by atoms with Crippen LogP contribution in [0.2, 0.25) is 0 Å². The van der Waals surface area contributed by atoms with Crippen molar-refractivity contribution in [2.75, 3.05) is 23.4 Å². The van der Waals surface area contributed by atoms with Gasteiger partial charge >= 0.3 is 12.2 Å². The first-order valence-electron chi connectivity index (χ1n) is 9.82. The van der Waals surface area contributed by atoms with Gasteiger partial charge in [-0.25, -0.2) is 14.0 Å². The average Bonchev–Trinajstić information content (AvgIpc) is 2.80. The van der Waals surface area contributed by atoms with Gasteiger partial charge in [-0.2, -0.15) is 0 Å². The smallest absolute Gasteiger partial charge is 0.419 e. The van der Waals surface area contributed by atoms with Gasteiger partial charge in [0.2, 0.25) is 0 Å². The van der Waals surface area contributed by atoms with Gasteiger partial charge in [0.1, 0.15) is 11.6 Å². The molecule has 0 aliphatic heterocycles. The second-order valence-electron chi connectivity index (χ2n) is 6.64. The molecule has 3 rings (SSSR count). The molecule has 3 aromatic carbocycles. The monoisotopic (exact) mass is 432 g/mol. The highest BCUT2D eigenvalue weighted by molar-refractivity contribution is 5.90. The molecular formula is C25H21FN2O4. The summed E-state index contributed by atoms with van der Waals surface area (Å²) < 4.78 is 24.7. The molecule has 0 aromatic heterocycles. The van der Waals surface area contributed by atoms with Crippen LogP contribution in [-0.2, 0) is 11.2 Å². The Balaban J connectivity index is 1.75. The largest absolute Gasteiger partial charge is 0.436 e. The first-order chi connectivity index (χ1) is 15.6. The van der Waals surface area contributed by atoms with Crippen LogP contribution in [0.4, 0.5) is 25.4 Å². The van der Waals surface area contributed by atoms with E-state index in [9.17, 15) is 14.0 Å². The molecular weight excluding hydrogens is 411 g/mol. The number of carbonyl (C=O) groups is 2.